The van der Waals surface area contributed by atoms with E-state index in [1.165, 1.54) is 12.0 Å². The van der Waals surface area contributed by atoms with Crippen molar-refractivity contribution in [2.24, 2.45) is 0 Å². The molecule has 1 aliphatic rings. The normalized spacial score (nSPS) is 14.6. The number of thiocarbonyl (C=S) groups is 1. The van der Waals surface area contributed by atoms with Gasteiger partial charge in [-0.1, -0.05) is 36.4 Å². The molecule has 2 heterocycles. The molecule has 8 nitrogen and oxygen atoms in total. The number of hydrogen-bond acceptors (Lipinski definition) is 6. The summed E-state index contributed by atoms with van der Waals surface area (Å²) in [6.45, 7) is 2.81. The van der Waals surface area contributed by atoms with Crippen molar-refractivity contribution in [1.29, 1.82) is 0 Å². The Balaban J connectivity index is 1.53. The minimum absolute atomic E-state index is 0.00344. The largest absolute Gasteiger partial charge is 0.494 e. The minimum atomic E-state index is -0.565. The monoisotopic (exact) mass is 539 g/mol. The first-order chi connectivity index (χ1) is 18.9. The SMILES string of the molecule is CCOc1cccc(N2C(=O)/C(=C/c3cn(Cc4cccc(C(=O)OC)c4)c4ccccc34)C(=O)NC2=S)c1. The van der Waals surface area contributed by atoms with E-state index in [4.69, 9.17) is 21.7 Å². The summed E-state index contributed by atoms with van der Waals surface area (Å²) in [6, 6.07) is 21.9. The number of methoxy groups -OCH3 is 1. The number of nitrogens with one attached hydrogen (secondary N) is 1. The van der Waals surface area contributed by atoms with Gasteiger partial charge in [-0.3, -0.25) is 19.8 Å². The van der Waals surface area contributed by atoms with Crippen LogP contribution < -0.4 is 15.0 Å². The van der Waals surface area contributed by atoms with Crippen LogP contribution in [0.4, 0.5) is 5.69 Å². The van der Waals surface area contributed by atoms with Crippen LogP contribution in [0.1, 0.15) is 28.4 Å². The van der Waals surface area contributed by atoms with Gasteiger partial charge in [0.2, 0.25) is 0 Å². The van der Waals surface area contributed by atoms with Crippen LogP contribution >= 0.6 is 12.2 Å². The van der Waals surface area contributed by atoms with Crippen molar-refractivity contribution in [2.45, 2.75) is 13.5 Å². The highest BCUT2D eigenvalue weighted by Gasteiger charge is 2.35. The molecular formula is C30H25N3O5S. The van der Waals surface area contributed by atoms with Gasteiger partial charge in [-0.25, -0.2) is 4.79 Å². The molecule has 4 aromatic rings. The lowest BCUT2D eigenvalue weighted by Crippen LogP contribution is -2.54. The van der Waals surface area contributed by atoms with Crippen LogP contribution in [0.2, 0.25) is 0 Å². The first-order valence-corrected chi connectivity index (χ1v) is 12.7. The summed E-state index contributed by atoms with van der Waals surface area (Å²) in [5, 5.41) is 3.51. The number of ether oxygens (including phenoxy) is 2. The Bertz CT molecular complexity index is 1660. The second-order valence-corrected chi connectivity index (χ2v) is 9.20. The van der Waals surface area contributed by atoms with Crippen molar-refractivity contribution in [3.63, 3.8) is 0 Å². The second-order valence-electron chi connectivity index (χ2n) is 8.81. The first kappa shape index (κ1) is 25.9. The molecule has 39 heavy (non-hydrogen) atoms. The molecule has 2 amide bonds. The molecule has 9 heteroatoms. The van der Waals surface area contributed by atoms with E-state index in [9.17, 15) is 14.4 Å². The zero-order valence-corrected chi connectivity index (χ0v) is 22.2. The molecule has 0 bridgehead atoms. The number of esters is 1. The van der Waals surface area contributed by atoms with Crippen molar-refractivity contribution < 1.29 is 23.9 Å². The van der Waals surface area contributed by atoms with Gasteiger partial charge in [0.15, 0.2) is 5.11 Å². The Morgan fingerprint density at radius 1 is 1.03 bits per heavy atom. The van der Waals surface area contributed by atoms with E-state index in [0.29, 0.717) is 35.7 Å². The van der Waals surface area contributed by atoms with Gasteiger partial charge in [0.05, 0.1) is 25.0 Å². The first-order valence-electron chi connectivity index (χ1n) is 12.3. The fourth-order valence-corrected chi connectivity index (χ4v) is 4.84. The summed E-state index contributed by atoms with van der Waals surface area (Å²) in [7, 11) is 1.35. The summed E-state index contributed by atoms with van der Waals surface area (Å²) < 4.78 is 12.4. The van der Waals surface area contributed by atoms with Gasteiger partial charge in [-0.2, -0.15) is 0 Å². The Kier molecular flexibility index (Phi) is 7.25. The molecule has 3 aromatic carbocycles. The molecule has 1 aromatic heterocycles. The van der Waals surface area contributed by atoms with E-state index in [1.54, 1.807) is 48.5 Å². The van der Waals surface area contributed by atoms with Gasteiger partial charge >= 0.3 is 5.97 Å². The van der Waals surface area contributed by atoms with Crippen LogP contribution in [0.15, 0.2) is 84.6 Å². The Morgan fingerprint density at radius 3 is 2.62 bits per heavy atom. The number of para-hydroxylation sites is 1. The topological polar surface area (TPSA) is 89.9 Å². The van der Waals surface area contributed by atoms with Gasteiger partial charge in [0.25, 0.3) is 11.8 Å². The lowest BCUT2D eigenvalue weighted by Gasteiger charge is -2.29. The molecule has 0 saturated carbocycles. The van der Waals surface area contributed by atoms with E-state index >= 15 is 0 Å². The lowest BCUT2D eigenvalue weighted by molar-refractivity contribution is -0.122. The Labute approximate surface area is 230 Å². The number of anilines is 1. The van der Waals surface area contributed by atoms with Crippen LogP contribution in [0, 0.1) is 0 Å². The van der Waals surface area contributed by atoms with Crippen molar-refractivity contribution >= 4 is 57.8 Å². The number of benzene rings is 3. The standard InChI is InChI=1S/C30H25N3O5S/c1-3-38-23-11-7-10-22(16-23)33-28(35)25(27(34)31-30(33)39)15-21-18-32(26-13-5-4-12-24(21)26)17-19-8-6-9-20(14-19)29(36)37-2/h4-16,18H,3,17H2,1-2H3,(H,31,34,39)/b25-15+. The predicted octanol–water partition coefficient (Wildman–Crippen LogP) is 4.71. The average molecular weight is 540 g/mol. The Hall–Kier alpha value is -4.76. The van der Waals surface area contributed by atoms with Gasteiger partial charge in [0, 0.05) is 35.3 Å². The van der Waals surface area contributed by atoms with Crippen LogP contribution in [0.5, 0.6) is 5.75 Å². The van der Waals surface area contributed by atoms with Crippen molar-refractivity contribution in [3.05, 3.63) is 101 Å². The van der Waals surface area contributed by atoms with Gasteiger partial charge in [-0.05, 0) is 61.1 Å². The molecule has 0 aliphatic carbocycles. The molecule has 5 rings (SSSR count). The van der Waals surface area contributed by atoms with Crippen LogP contribution in [-0.4, -0.2) is 41.2 Å². The molecule has 0 radical (unpaired) electrons. The number of carbonyl (C=O) groups is 3. The maximum atomic E-state index is 13.6. The summed E-state index contributed by atoms with van der Waals surface area (Å²) in [6.07, 6.45) is 3.47. The number of hydrogen-bond donors (Lipinski definition) is 1. The summed E-state index contributed by atoms with van der Waals surface area (Å²) in [5.41, 5.74) is 3.42. The lowest BCUT2D eigenvalue weighted by atomic mass is 10.1. The van der Waals surface area contributed by atoms with Crippen molar-refractivity contribution in [1.82, 2.24) is 9.88 Å². The van der Waals surface area contributed by atoms with E-state index in [-0.39, 0.29) is 10.7 Å². The van der Waals surface area contributed by atoms with Gasteiger partial charge in [0.1, 0.15) is 11.3 Å². The maximum Gasteiger partial charge on any atom is 0.337 e. The van der Waals surface area contributed by atoms with Crippen LogP contribution in [0.25, 0.3) is 17.0 Å². The van der Waals surface area contributed by atoms with Crippen LogP contribution in [0.3, 0.4) is 0 Å². The second kappa shape index (κ2) is 10.9. The molecular weight excluding hydrogens is 514 g/mol. The third-order valence-electron chi connectivity index (χ3n) is 6.31. The smallest absolute Gasteiger partial charge is 0.337 e. The minimum Gasteiger partial charge on any atom is -0.494 e. The summed E-state index contributed by atoms with van der Waals surface area (Å²) in [5.74, 6) is -0.909. The summed E-state index contributed by atoms with van der Waals surface area (Å²) >= 11 is 5.35. The predicted molar refractivity (Wildman–Crippen MR) is 153 cm³/mol. The zero-order valence-electron chi connectivity index (χ0n) is 21.3. The fourth-order valence-electron chi connectivity index (χ4n) is 4.56. The highest BCUT2D eigenvalue weighted by atomic mass is 32.1. The molecule has 0 unspecified atom stereocenters. The molecule has 1 fully saturated rings. The number of rotatable bonds is 7. The fraction of sp³-hybridized carbons (Fsp3) is 0.133. The molecule has 1 aliphatic heterocycles. The molecule has 1 N–H and O–H groups in total. The number of aromatic nitrogens is 1. The Morgan fingerprint density at radius 2 is 1.82 bits per heavy atom. The van der Waals surface area contributed by atoms with E-state index in [0.717, 1.165) is 16.5 Å². The highest BCUT2D eigenvalue weighted by molar-refractivity contribution is 7.80. The van der Waals surface area contributed by atoms with Gasteiger partial charge < -0.3 is 14.0 Å². The quantitative estimate of drug-likeness (QED) is 0.158. The molecule has 0 spiro atoms. The summed E-state index contributed by atoms with van der Waals surface area (Å²) in [4.78, 5) is 39.8. The van der Waals surface area contributed by atoms with Crippen LogP contribution in [-0.2, 0) is 20.9 Å². The zero-order chi connectivity index (χ0) is 27.5. The number of amides is 2. The van der Waals surface area contributed by atoms with E-state index < -0.39 is 17.8 Å². The van der Waals surface area contributed by atoms with Crippen molar-refractivity contribution in [3.8, 4) is 5.75 Å². The number of nitrogens with zero attached hydrogens (tertiary/aromatic N) is 2. The number of fused-ring (bicyclic) bond motifs is 1. The van der Waals surface area contributed by atoms with E-state index in [2.05, 4.69) is 5.32 Å². The third kappa shape index (κ3) is 5.17. The number of carbonyl (C=O) groups excluding carboxylic acids is 3. The molecule has 196 valence electrons. The van der Waals surface area contributed by atoms with Crippen molar-refractivity contribution in [2.75, 3.05) is 18.6 Å². The average Bonchev–Trinajstić information content (AvgIpc) is 3.28. The van der Waals surface area contributed by atoms with Gasteiger partial charge in [-0.15, -0.1) is 0 Å². The molecule has 0 atom stereocenters. The maximum absolute atomic E-state index is 13.6. The molecule has 1 saturated heterocycles. The highest BCUT2D eigenvalue weighted by Crippen LogP contribution is 2.29. The van der Waals surface area contributed by atoms with E-state index in [1.807, 2.05) is 48.0 Å². The third-order valence-corrected chi connectivity index (χ3v) is 6.59.